The Kier molecular flexibility index (Phi) is 5.74. The topological polar surface area (TPSA) is 69.9 Å². The predicted octanol–water partition coefficient (Wildman–Crippen LogP) is 15.1. The van der Waals surface area contributed by atoms with Crippen molar-refractivity contribution in [3.8, 4) is 62.1 Å². The van der Waals surface area contributed by atoms with E-state index in [1.807, 2.05) is 115 Å². The van der Waals surface area contributed by atoms with Gasteiger partial charge in [-0.05, 0) is 82.8 Å². The minimum atomic E-state index is -0.595. The highest BCUT2D eigenvalue weighted by molar-refractivity contribution is 6.15. The minimum Gasteiger partial charge on any atom is -0.456 e. The van der Waals surface area contributed by atoms with E-state index in [1.165, 1.54) is 22.8 Å². The minimum absolute atomic E-state index is 0.0187. The van der Waals surface area contributed by atoms with E-state index in [4.69, 9.17) is 36.1 Å². The van der Waals surface area contributed by atoms with E-state index in [0.717, 1.165) is 33.0 Å². The SMILES string of the molecule is [2H]c1cc2c(c([2H])c1[2H])c1c([2H])c([2H])c([2H])c([2H])c1n2-c1c([2H])cc2c(oc3c([2H])c([2H])cc(-c4nc(-c5cccc(-c6ccccc6)c5)nc(-c5ccc6oc7cccc(-c8ccccc8)c7c6c5)n4)c32)c1[2H]. The summed E-state index contributed by atoms with van der Waals surface area (Å²) in [5.74, 6) is 0.687. The van der Waals surface area contributed by atoms with Crippen LogP contribution in [-0.2, 0) is 0 Å². The molecule has 6 heteroatoms. The first-order valence-corrected chi connectivity index (χ1v) is 20.2. The Labute approximate surface area is 376 Å². The van der Waals surface area contributed by atoms with Crippen LogP contribution in [0.15, 0.2) is 215 Å². The maximum absolute atomic E-state index is 9.76. The van der Waals surface area contributed by atoms with Crippen LogP contribution in [0.3, 0.4) is 0 Å². The zero-order valence-electron chi connectivity index (χ0n) is 43.9. The van der Waals surface area contributed by atoms with Gasteiger partial charge in [-0.2, -0.15) is 0 Å². The average Bonchev–Trinajstić information content (AvgIpc) is 4.15. The monoisotopic (exact) mass is 817 g/mol. The van der Waals surface area contributed by atoms with Gasteiger partial charge in [-0.25, -0.2) is 15.0 Å². The van der Waals surface area contributed by atoms with E-state index in [0.29, 0.717) is 28.1 Å². The van der Waals surface area contributed by atoms with E-state index in [1.54, 1.807) is 0 Å². The Hall–Kier alpha value is -8.61. The maximum Gasteiger partial charge on any atom is 0.164 e. The Morgan fingerprint density at radius 3 is 1.92 bits per heavy atom. The van der Waals surface area contributed by atoms with Gasteiger partial charge < -0.3 is 13.4 Å². The fourth-order valence-corrected chi connectivity index (χ4v) is 8.62. The van der Waals surface area contributed by atoms with Crippen LogP contribution < -0.4 is 0 Å². The van der Waals surface area contributed by atoms with E-state index >= 15 is 0 Å². The average molecular weight is 818 g/mol. The molecule has 0 bridgehead atoms. The molecule has 0 radical (unpaired) electrons. The van der Waals surface area contributed by atoms with Crippen molar-refractivity contribution >= 4 is 65.7 Å². The van der Waals surface area contributed by atoms with Crippen LogP contribution in [0.2, 0.25) is 0 Å². The summed E-state index contributed by atoms with van der Waals surface area (Å²) in [6, 6.07) is 38.8. The highest BCUT2D eigenvalue weighted by Gasteiger charge is 2.21. The van der Waals surface area contributed by atoms with Crippen molar-refractivity contribution in [2.45, 2.75) is 0 Å². The molecule has 4 heterocycles. The smallest absolute Gasteiger partial charge is 0.164 e. The van der Waals surface area contributed by atoms with Crippen LogP contribution in [0.5, 0.6) is 0 Å². The zero-order valence-corrected chi connectivity index (χ0v) is 32.9. The molecule has 13 aromatic rings. The van der Waals surface area contributed by atoms with E-state index in [2.05, 4.69) is 6.07 Å². The molecule has 63 heavy (non-hydrogen) atoms. The van der Waals surface area contributed by atoms with Crippen LogP contribution in [-0.4, -0.2) is 19.5 Å². The van der Waals surface area contributed by atoms with Crippen molar-refractivity contribution in [3.05, 3.63) is 206 Å². The normalized spacial score (nSPS) is 14.3. The lowest BCUT2D eigenvalue weighted by atomic mass is 9.98. The molecule has 0 unspecified atom stereocenters. The number of hydrogen-bond donors (Lipinski definition) is 0. The first kappa shape index (κ1) is 25.9. The third-order valence-corrected chi connectivity index (χ3v) is 11.5. The van der Waals surface area contributed by atoms with Crippen molar-refractivity contribution in [1.29, 1.82) is 0 Å². The van der Waals surface area contributed by atoms with Crippen LogP contribution in [0.25, 0.3) is 128 Å². The van der Waals surface area contributed by atoms with Gasteiger partial charge in [0.25, 0.3) is 0 Å². The lowest BCUT2D eigenvalue weighted by molar-refractivity contribution is 0.668. The standard InChI is InChI=1S/C57H34N4O2/c1-3-14-35(15-4-1)37-18-11-19-38(32-37)55-58-56(39-28-31-49-46(33-39)53-41(22-12-26-50(53)62-49)36-16-5-2-6-17-36)60-57(59-55)45-23-13-27-51-54(45)44-30-29-40(34-52(44)63-51)61-47-24-9-7-20-42(47)43-21-8-10-25-48(43)61/h1-34H/i7D,8D,9D,10D,13D,20D,21D,24D,27D,29D,34D. The number of aromatic nitrogens is 4. The van der Waals surface area contributed by atoms with E-state index in [9.17, 15) is 2.74 Å². The lowest BCUT2D eigenvalue weighted by Crippen LogP contribution is -2.00. The largest absolute Gasteiger partial charge is 0.456 e. The molecule has 294 valence electrons. The molecule has 0 spiro atoms. The Balaban J connectivity index is 1.08. The summed E-state index contributed by atoms with van der Waals surface area (Å²) < 4.78 is 113. The summed E-state index contributed by atoms with van der Waals surface area (Å²) >= 11 is 0. The van der Waals surface area contributed by atoms with Crippen LogP contribution >= 0.6 is 0 Å². The van der Waals surface area contributed by atoms with Gasteiger partial charge in [-0.1, -0.05) is 139 Å². The Morgan fingerprint density at radius 1 is 0.381 bits per heavy atom. The summed E-state index contributed by atoms with van der Waals surface area (Å²) in [6.45, 7) is 0. The highest BCUT2D eigenvalue weighted by atomic mass is 16.3. The Bertz CT molecular complexity index is 4570. The summed E-state index contributed by atoms with van der Waals surface area (Å²) in [4.78, 5) is 15.3. The number of para-hydroxylation sites is 2. The van der Waals surface area contributed by atoms with Gasteiger partial charge >= 0.3 is 0 Å². The number of furan rings is 2. The maximum atomic E-state index is 9.76. The molecule has 0 aliphatic carbocycles. The second kappa shape index (κ2) is 14.0. The molecule has 0 aliphatic rings. The molecule has 9 aromatic carbocycles. The highest BCUT2D eigenvalue weighted by Crippen LogP contribution is 2.41. The second-order valence-corrected chi connectivity index (χ2v) is 15.1. The van der Waals surface area contributed by atoms with Gasteiger partial charge in [0.15, 0.2) is 17.5 Å². The van der Waals surface area contributed by atoms with Gasteiger partial charge in [-0.15, -0.1) is 0 Å². The number of benzene rings is 9. The molecule has 4 aromatic heterocycles. The predicted molar refractivity (Wildman–Crippen MR) is 256 cm³/mol. The first-order valence-electron chi connectivity index (χ1n) is 25.7. The van der Waals surface area contributed by atoms with Gasteiger partial charge in [0, 0.05) is 60.7 Å². The number of fused-ring (bicyclic) bond motifs is 9. The number of nitrogens with zero attached hydrogens (tertiary/aromatic N) is 4. The third kappa shape index (κ3) is 5.69. The lowest BCUT2D eigenvalue weighted by Gasteiger charge is -2.11. The number of hydrogen-bond acceptors (Lipinski definition) is 5. The van der Waals surface area contributed by atoms with Crippen LogP contribution in [0.1, 0.15) is 15.1 Å². The zero-order chi connectivity index (χ0) is 51.0. The van der Waals surface area contributed by atoms with Gasteiger partial charge in [0.05, 0.1) is 26.1 Å². The third-order valence-electron chi connectivity index (χ3n) is 11.5. The molecule has 0 aliphatic heterocycles. The molecule has 0 amide bonds. The molecule has 0 saturated heterocycles. The fourth-order valence-electron chi connectivity index (χ4n) is 8.62. The van der Waals surface area contributed by atoms with Crippen molar-refractivity contribution in [2.24, 2.45) is 0 Å². The molecule has 0 atom stereocenters. The first-order chi connectivity index (χ1) is 35.8. The molecule has 13 rings (SSSR count). The van der Waals surface area contributed by atoms with Gasteiger partial charge in [0.1, 0.15) is 22.3 Å². The summed E-state index contributed by atoms with van der Waals surface area (Å²) in [7, 11) is 0. The molecule has 0 saturated carbocycles. The molecule has 0 N–H and O–H groups in total. The van der Waals surface area contributed by atoms with Gasteiger partial charge in [0.2, 0.25) is 0 Å². The number of rotatable bonds is 6. The summed E-state index contributed by atoms with van der Waals surface area (Å²) in [6.07, 6.45) is 0. The molecule has 6 nitrogen and oxygen atoms in total. The van der Waals surface area contributed by atoms with Crippen molar-refractivity contribution in [3.63, 3.8) is 0 Å². The molecule has 0 fully saturated rings. The Morgan fingerprint density at radius 2 is 1.06 bits per heavy atom. The quantitative estimate of drug-likeness (QED) is 0.167. The fraction of sp³-hybridized carbons (Fsp3) is 0. The molecular formula is C57H34N4O2. The van der Waals surface area contributed by atoms with E-state index in [-0.39, 0.29) is 90.8 Å². The van der Waals surface area contributed by atoms with Crippen LogP contribution in [0, 0.1) is 0 Å². The summed E-state index contributed by atoms with van der Waals surface area (Å²) in [5, 5.41) is 2.05. The van der Waals surface area contributed by atoms with Crippen molar-refractivity contribution in [2.75, 3.05) is 0 Å². The van der Waals surface area contributed by atoms with Crippen molar-refractivity contribution < 1.29 is 23.9 Å². The van der Waals surface area contributed by atoms with Crippen LogP contribution in [0.4, 0.5) is 0 Å². The second-order valence-electron chi connectivity index (χ2n) is 15.1. The molecular weight excluding hydrogens is 773 g/mol. The van der Waals surface area contributed by atoms with E-state index < -0.39 is 42.3 Å². The van der Waals surface area contributed by atoms with Crippen molar-refractivity contribution in [1.82, 2.24) is 19.5 Å². The van der Waals surface area contributed by atoms with Gasteiger partial charge in [-0.3, -0.25) is 0 Å². The summed E-state index contributed by atoms with van der Waals surface area (Å²) in [5.41, 5.74) is 6.26.